The van der Waals surface area contributed by atoms with Gasteiger partial charge in [0.2, 0.25) is 11.8 Å². The number of nitrogens with one attached hydrogen (secondary N) is 2. The smallest absolute Gasteiger partial charge is 0.390 e. The summed E-state index contributed by atoms with van der Waals surface area (Å²) in [6, 6.07) is 0. The summed E-state index contributed by atoms with van der Waals surface area (Å²) >= 11 is 1.69. The van der Waals surface area contributed by atoms with E-state index in [-0.39, 0.29) is 31.1 Å². The van der Waals surface area contributed by atoms with Crippen LogP contribution in [0.15, 0.2) is 5.16 Å². The Morgan fingerprint density at radius 1 is 1.06 bits per heavy atom. The molecule has 35 heavy (non-hydrogen) atoms. The molecule has 0 aromatic rings. The average Bonchev–Trinajstić information content (AvgIpc) is 2.71. The van der Waals surface area contributed by atoms with Crippen LogP contribution in [0.25, 0.3) is 0 Å². The number of rotatable bonds is 17. The van der Waals surface area contributed by atoms with Crippen molar-refractivity contribution < 1.29 is 38.0 Å². The monoisotopic (exact) mass is 541 g/mol. The summed E-state index contributed by atoms with van der Waals surface area (Å²) in [7, 11) is -4.29. The van der Waals surface area contributed by atoms with Gasteiger partial charge in [-0.05, 0) is 53.7 Å². The van der Waals surface area contributed by atoms with E-state index in [2.05, 4.69) is 15.8 Å². The Balaban J connectivity index is 4.12. The number of carbonyl (C=O) groups excluding carboxylic acids is 2. The molecule has 2 unspecified atom stereocenters. The molecule has 2 amide bonds. The third-order valence-electron chi connectivity index (χ3n) is 4.24. The molecule has 206 valence electrons. The van der Waals surface area contributed by atoms with E-state index in [9.17, 15) is 24.2 Å². The summed E-state index contributed by atoms with van der Waals surface area (Å²) in [5, 5.41) is 19.7. The maximum atomic E-state index is 12.2. The summed E-state index contributed by atoms with van der Waals surface area (Å²) in [5.41, 5.74) is -0.558. The van der Waals surface area contributed by atoms with E-state index in [0.717, 1.165) is 23.6 Å². The van der Waals surface area contributed by atoms with Gasteiger partial charge in [0.25, 0.3) is 0 Å². The zero-order valence-electron chi connectivity index (χ0n) is 22.3. The number of hydrogen-bond donors (Lipinski definition) is 4. The topological polar surface area (TPSA) is 156 Å². The van der Waals surface area contributed by atoms with Crippen LogP contribution in [0.3, 0.4) is 0 Å². The van der Waals surface area contributed by atoms with Crippen LogP contribution < -0.4 is 10.6 Å². The number of thioether (sulfide) groups is 1. The van der Waals surface area contributed by atoms with Gasteiger partial charge in [-0.2, -0.15) is 11.8 Å². The molecule has 13 heteroatoms. The third kappa shape index (κ3) is 17.8. The number of hydrogen-bond acceptors (Lipinski definition) is 9. The minimum absolute atomic E-state index is 0.0458. The average molecular weight is 542 g/mol. The van der Waals surface area contributed by atoms with Gasteiger partial charge in [0.05, 0.1) is 18.4 Å². The summed E-state index contributed by atoms with van der Waals surface area (Å²) in [6.45, 7) is 14.1. The first-order chi connectivity index (χ1) is 15.9. The lowest BCUT2D eigenvalue weighted by Crippen LogP contribution is -2.46. The Morgan fingerprint density at radius 2 is 1.69 bits per heavy atom. The van der Waals surface area contributed by atoms with Gasteiger partial charge in [-0.3, -0.25) is 18.6 Å². The summed E-state index contributed by atoms with van der Waals surface area (Å²) in [6.07, 6.45) is -1.18. The Bertz CT molecular complexity index is 741. The van der Waals surface area contributed by atoms with E-state index in [1.165, 1.54) is 13.8 Å². The summed E-state index contributed by atoms with van der Waals surface area (Å²) in [5.74, 6) is 0.688. The molecular weight excluding hydrogens is 497 g/mol. The molecule has 4 N–H and O–H groups in total. The van der Waals surface area contributed by atoms with Crippen molar-refractivity contribution in [3.05, 3.63) is 0 Å². The van der Waals surface area contributed by atoms with Crippen LogP contribution in [0.1, 0.15) is 68.2 Å². The maximum absolute atomic E-state index is 12.2. The van der Waals surface area contributed by atoms with Crippen molar-refractivity contribution in [2.45, 2.75) is 86.0 Å². The SMILES string of the molecule is C/C(CCSCCNC(=O)CCNC(=O)C(O)C(C)(C)COP(=O)(O)OC(C)C)=N\OC(C)(C)C. The van der Waals surface area contributed by atoms with Gasteiger partial charge in [0, 0.05) is 30.7 Å². The quantitative estimate of drug-likeness (QED) is 0.0941. The van der Waals surface area contributed by atoms with Gasteiger partial charge in [-0.15, -0.1) is 0 Å². The maximum Gasteiger partial charge on any atom is 0.472 e. The van der Waals surface area contributed by atoms with Crippen LogP contribution in [0, 0.1) is 5.41 Å². The van der Waals surface area contributed by atoms with Crippen LogP contribution in [-0.2, 0) is 28.0 Å². The molecule has 0 bridgehead atoms. The fourth-order valence-electron chi connectivity index (χ4n) is 2.31. The highest BCUT2D eigenvalue weighted by Crippen LogP contribution is 2.46. The van der Waals surface area contributed by atoms with E-state index in [4.69, 9.17) is 13.9 Å². The van der Waals surface area contributed by atoms with E-state index in [1.807, 2.05) is 27.7 Å². The number of oxime groups is 1. The highest BCUT2D eigenvalue weighted by molar-refractivity contribution is 7.99. The zero-order chi connectivity index (χ0) is 27.3. The number of nitrogens with zero attached hydrogens (tertiary/aromatic N) is 1. The van der Waals surface area contributed by atoms with Crippen molar-refractivity contribution >= 4 is 37.1 Å². The predicted molar refractivity (Wildman–Crippen MR) is 138 cm³/mol. The van der Waals surface area contributed by atoms with Crippen molar-refractivity contribution in [2.24, 2.45) is 10.6 Å². The molecule has 0 fully saturated rings. The number of aliphatic hydroxyl groups is 1. The van der Waals surface area contributed by atoms with Crippen LogP contribution in [0.4, 0.5) is 0 Å². The van der Waals surface area contributed by atoms with Crippen LogP contribution in [-0.4, -0.2) is 76.5 Å². The highest BCUT2D eigenvalue weighted by Gasteiger charge is 2.37. The highest BCUT2D eigenvalue weighted by atomic mass is 32.2. The molecule has 0 aliphatic carbocycles. The van der Waals surface area contributed by atoms with Gasteiger partial charge >= 0.3 is 7.82 Å². The van der Waals surface area contributed by atoms with E-state index in [1.54, 1.807) is 25.6 Å². The second-order valence-corrected chi connectivity index (χ2v) is 12.7. The Labute approximate surface area is 213 Å². The molecule has 0 aliphatic heterocycles. The molecule has 0 saturated carbocycles. The molecule has 0 aromatic carbocycles. The van der Waals surface area contributed by atoms with E-state index < -0.39 is 31.4 Å². The lowest BCUT2D eigenvalue weighted by atomic mass is 9.87. The molecule has 11 nitrogen and oxygen atoms in total. The summed E-state index contributed by atoms with van der Waals surface area (Å²) < 4.78 is 21.5. The lowest BCUT2D eigenvalue weighted by molar-refractivity contribution is -0.137. The van der Waals surface area contributed by atoms with Crippen molar-refractivity contribution in [3.63, 3.8) is 0 Å². The largest absolute Gasteiger partial charge is 0.472 e. The molecule has 0 spiro atoms. The molecule has 2 atom stereocenters. The Morgan fingerprint density at radius 3 is 2.26 bits per heavy atom. The molecule has 0 saturated heterocycles. The van der Waals surface area contributed by atoms with Crippen LogP contribution in [0.2, 0.25) is 0 Å². The summed E-state index contributed by atoms with van der Waals surface area (Å²) in [4.78, 5) is 39.2. The fraction of sp³-hybridized carbons (Fsp3) is 0.864. The van der Waals surface area contributed by atoms with Crippen molar-refractivity contribution in [2.75, 3.05) is 31.2 Å². The van der Waals surface area contributed by atoms with Gasteiger partial charge in [-0.1, -0.05) is 19.0 Å². The number of amides is 2. The number of aliphatic hydroxyl groups excluding tert-OH is 1. The number of carbonyl (C=O) groups is 2. The Kier molecular flexibility index (Phi) is 15.3. The van der Waals surface area contributed by atoms with Crippen molar-refractivity contribution in [1.29, 1.82) is 0 Å². The molecule has 0 aromatic heterocycles. The molecular formula is C22H44N3O8PS. The standard InChI is InChI=1S/C22H44N3O8PS/c1-16(2)32-34(29,30)31-15-22(7,8)19(27)20(28)24-11-9-18(26)23-12-14-35-13-10-17(3)25-33-21(4,5)6/h16,19,27H,9-15H2,1-8H3,(H,23,26)(H,24,28)(H,29,30)/b25-17+. The van der Waals surface area contributed by atoms with Gasteiger partial charge in [0.1, 0.15) is 11.7 Å². The minimum Gasteiger partial charge on any atom is -0.390 e. The van der Waals surface area contributed by atoms with Crippen molar-refractivity contribution in [3.8, 4) is 0 Å². The first-order valence-corrected chi connectivity index (χ1v) is 14.3. The fourth-order valence-corrected chi connectivity index (χ4v) is 4.29. The van der Waals surface area contributed by atoms with Gasteiger partial charge < -0.3 is 25.5 Å². The molecule has 0 heterocycles. The van der Waals surface area contributed by atoms with Crippen LogP contribution >= 0.6 is 19.6 Å². The van der Waals surface area contributed by atoms with Gasteiger partial charge in [0.15, 0.2) is 0 Å². The second-order valence-electron chi connectivity index (χ2n) is 10.1. The van der Waals surface area contributed by atoms with Gasteiger partial charge in [-0.25, -0.2) is 4.57 Å². The van der Waals surface area contributed by atoms with Crippen LogP contribution in [0.5, 0.6) is 0 Å². The number of phosphoric ester groups is 1. The number of phosphoric acid groups is 1. The lowest BCUT2D eigenvalue weighted by Gasteiger charge is -2.30. The predicted octanol–water partition coefficient (Wildman–Crippen LogP) is 2.85. The third-order valence-corrected chi connectivity index (χ3v) is 6.36. The van der Waals surface area contributed by atoms with E-state index >= 15 is 0 Å². The van der Waals surface area contributed by atoms with E-state index in [0.29, 0.717) is 6.54 Å². The molecule has 0 aliphatic rings. The molecule has 0 rings (SSSR count). The molecule has 0 radical (unpaired) electrons. The first-order valence-electron chi connectivity index (χ1n) is 11.6. The first kappa shape index (κ1) is 33.8. The zero-order valence-corrected chi connectivity index (χ0v) is 24.0. The minimum atomic E-state index is -4.29. The normalized spacial score (nSPS) is 15.5. The Hall–Kier alpha value is -1.17. The second kappa shape index (κ2) is 15.8. The van der Waals surface area contributed by atoms with Crippen molar-refractivity contribution in [1.82, 2.24) is 10.6 Å².